The highest BCUT2D eigenvalue weighted by molar-refractivity contribution is 5.67. The number of nitrogens with one attached hydrogen (secondary N) is 2. The van der Waals surface area contributed by atoms with Crippen LogP contribution in [0.4, 0.5) is 10.6 Å². The van der Waals surface area contributed by atoms with Crippen molar-refractivity contribution < 1.29 is 9.53 Å². The fourth-order valence-corrected chi connectivity index (χ4v) is 1.67. The molecule has 1 aromatic heterocycles. The van der Waals surface area contributed by atoms with Crippen LogP contribution in [0.3, 0.4) is 0 Å². The van der Waals surface area contributed by atoms with Crippen molar-refractivity contribution in [3.8, 4) is 6.07 Å². The fourth-order valence-electron chi connectivity index (χ4n) is 1.67. The molecule has 2 N–H and O–H groups in total. The number of anilines is 1. The summed E-state index contributed by atoms with van der Waals surface area (Å²) >= 11 is 0. The minimum atomic E-state index is -0.501. The first-order valence-corrected chi connectivity index (χ1v) is 7.19. The van der Waals surface area contributed by atoms with Crippen LogP contribution in [0.2, 0.25) is 0 Å². The van der Waals surface area contributed by atoms with Crippen molar-refractivity contribution >= 4 is 11.9 Å². The highest BCUT2D eigenvalue weighted by Gasteiger charge is 2.15. The topological polar surface area (TPSA) is 99.9 Å². The van der Waals surface area contributed by atoms with Gasteiger partial charge in [-0.1, -0.05) is 0 Å². The summed E-state index contributed by atoms with van der Waals surface area (Å²) in [5.41, 5.74) is 1.58. The normalized spacial score (nSPS) is 10.7. The third kappa shape index (κ3) is 5.56. The van der Waals surface area contributed by atoms with Gasteiger partial charge in [-0.3, -0.25) is 0 Å². The zero-order chi connectivity index (χ0) is 16.8. The molecule has 7 nitrogen and oxygen atoms in total. The molecule has 0 aromatic carbocycles. The van der Waals surface area contributed by atoms with Gasteiger partial charge < -0.3 is 15.4 Å². The molecule has 0 aliphatic rings. The molecule has 0 atom stereocenters. The van der Waals surface area contributed by atoms with Gasteiger partial charge in [-0.2, -0.15) is 10.4 Å². The Labute approximate surface area is 131 Å². The smallest absolute Gasteiger partial charge is 0.407 e. The number of carbonyl (C=O) groups excluding carboxylic acids is 1. The number of hydrogen-bond acceptors (Lipinski definition) is 6. The van der Waals surface area contributed by atoms with E-state index in [9.17, 15) is 10.1 Å². The van der Waals surface area contributed by atoms with Gasteiger partial charge in [-0.15, -0.1) is 5.10 Å². The maximum Gasteiger partial charge on any atom is 0.407 e. The summed E-state index contributed by atoms with van der Waals surface area (Å²) in [6.45, 7) is 10.2. The molecule has 0 spiro atoms. The summed E-state index contributed by atoms with van der Waals surface area (Å²) in [5.74, 6) is 0.475. The van der Waals surface area contributed by atoms with Gasteiger partial charge in [0.25, 0.3) is 0 Å². The number of alkyl carbamates (subject to hydrolysis) is 1. The van der Waals surface area contributed by atoms with Gasteiger partial charge in [0.2, 0.25) is 0 Å². The van der Waals surface area contributed by atoms with E-state index < -0.39 is 11.7 Å². The number of aromatic nitrogens is 2. The van der Waals surface area contributed by atoms with Crippen LogP contribution in [0.15, 0.2) is 0 Å². The summed E-state index contributed by atoms with van der Waals surface area (Å²) in [6, 6.07) is 2.13. The minimum absolute atomic E-state index is 0.434. The predicted molar refractivity (Wildman–Crippen MR) is 83.6 cm³/mol. The Kier molecular flexibility index (Phi) is 6.11. The van der Waals surface area contributed by atoms with Crippen LogP contribution < -0.4 is 10.6 Å². The maximum absolute atomic E-state index is 11.5. The first-order valence-electron chi connectivity index (χ1n) is 7.19. The number of aryl methyl sites for hydroxylation is 1. The van der Waals surface area contributed by atoms with Gasteiger partial charge in [0.05, 0.1) is 5.69 Å². The van der Waals surface area contributed by atoms with E-state index in [2.05, 4.69) is 26.9 Å². The van der Waals surface area contributed by atoms with Gasteiger partial charge in [0, 0.05) is 13.1 Å². The largest absolute Gasteiger partial charge is 0.444 e. The predicted octanol–water partition coefficient (Wildman–Crippen LogP) is 2.29. The van der Waals surface area contributed by atoms with Crippen molar-refractivity contribution in [1.29, 1.82) is 5.26 Å². The quantitative estimate of drug-likeness (QED) is 0.810. The van der Waals surface area contributed by atoms with Crippen molar-refractivity contribution in [1.82, 2.24) is 15.5 Å². The zero-order valence-corrected chi connectivity index (χ0v) is 13.8. The molecule has 0 saturated heterocycles. The number of amides is 1. The molecular weight excluding hydrogens is 282 g/mol. The number of ether oxygens (including phenoxy) is 1. The fraction of sp³-hybridized carbons (Fsp3) is 0.600. The molecule has 1 heterocycles. The number of hydrogen-bond donors (Lipinski definition) is 2. The monoisotopic (exact) mass is 305 g/mol. The third-order valence-electron chi connectivity index (χ3n) is 2.88. The van der Waals surface area contributed by atoms with Crippen LogP contribution in [0, 0.1) is 25.2 Å². The average molecular weight is 305 g/mol. The Hall–Kier alpha value is -2.36. The van der Waals surface area contributed by atoms with E-state index in [1.807, 2.05) is 34.6 Å². The van der Waals surface area contributed by atoms with E-state index in [0.717, 1.165) is 11.3 Å². The SMILES string of the molecule is Cc1nnc(NCCCNC(=O)OC(C)(C)C)c(C#N)c1C. The summed E-state index contributed by atoms with van der Waals surface area (Å²) in [7, 11) is 0. The van der Waals surface area contributed by atoms with E-state index in [-0.39, 0.29) is 0 Å². The molecule has 22 heavy (non-hydrogen) atoms. The van der Waals surface area contributed by atoms with Gasteiger partial charge in [-0.05, 0) is 46.6 Å². The van der Waals surface area contributed by atoms with Crippen molar-refractivity contribution in [2.75, 3.05) is 18.4 Å². The Morgan fingerprint density at radius 2 is 1.95 bits per heavy atom. The Bertz CT molecular complexity index is 573. The van der Waals surface area contributed by atoms with Crippen LogP contribution in [0.5, 0.6) is 0 Å². The average Bonchev–Trinajstić information content (AvgIpc) is 2.40. The van der Waals surface area contributed by atoms with Crippen molar-refractivity contribution in [2.45, 2.75) is 46.6 Å². The summed E-state index contributed by atoms with van der Waals surface area (Å²) in [6.07, 6.45) is 0.245. The lowest BCUT2D eigenvalue weighted by molar-refractivity contribution is 0.0528. The molecule has 0 aliphatic heterocycles. The molecule has 0 aliphatic carbocycles. The van der Waals surface area contributed by atoms with E-state index in [1.165, 1.54) is 0 Å². The van der Waals surface area contributed by atoms with E-state index >= 15 is 0 Å². The number of rotatable bonds is 5. The molecule has 1 amide bonds. The van der Waals surface area contributed by atoms with Crippen molar-refractivity contribution in [3.63, 3.8) is 0 Å². The zero-order valence-electron chi connectivity index (χ0n) is 13.8. The van der Waals surface area contributed by atoms with Crippen molar-refractivity contribution in [3.05, 3.63) is 16.8 Å². The first-order chi connectivity index (χ1) is 10.2. The Morgan fingerprint density at radius 1 is 1.27 bits per heavy atom. The molecule has 1 rings (SSSR count). The van der Waals surface area contributed by atoms with Gasteiger partial charge in [0.1, 0.15) is 17.2 Å². The molecule has 7 heteroatoms. The van der Waals surface area contributed by atoms with Crippen LogP contribution in [0.25, 0.3) is 0 Å². The molecule has 0 unspecified atom stereocenters. The lowest BCUT2D eigenvalue weighted by Crippen LogP contribution is -2.33. The van der Waals surface area contributed by atoms with Gasteiger partial charge in [-0.25, -0.2) is 4.79 Å². The molecule has 0 bridgehead atoms. The molecule has 0 fully saturated rings. The van der Waals surface area contributed by atoms with Crippen LogP contribution in [0.1, 0.15) is 44.0 Å². The summed E-state index contributed by atoms with van der Waals surface area (Å²) in [4.78, 5) is 11.5. The van der Waals surface area contributed by atoms with Crippen LogP contribution in [-0.4, -0.2) is 35.0 Å². The maximum atomic E-state index is 11.5. The lowest BCUT2D eigenvalue weighted by atomic mass is 10.1. The van der Waals surface area contributed by atoms with Crippen molar-refractivity contribution in [2.24, 2.45) is 0 Å². The second-order valence-electron chi connectivity index (χ2n) is 5.95. The first kappa shape index (κ1) is 17.7. The summed E-state index contributed by atoms with van der Waals surface area (Å²) < 4.78 is 5.13. The Balaban J connectivity index is 2.39. The minimum Gasteiger partial charge on any atom is -0.444 e. The third-order valence-corrected chi connectivity index (χ3v) is 2.88. The van der Waals surface area contributed by atoms with E-state index in [1.54, 1.807) is 0 Å². The standard InChI is InChI=1S/C15H23N5O2/c1-10-11(2)19-20-13(12(10)9-16)17-7-6-8-18-14(21)22-15(3,4)5/h6-8H2,1-5H3,(H,17,20)(H,18,21). The molecular formula is C15H23N5O2. The highest BCUT2D eigenvalue weighted by Crippen LogP contribution is 2.16. The molecule has 1 aromatic rings. The number of nitriles is 1. The second kappa shape index (κ2) is 7.59. The summed E-state index contributed by atoms with van der Waals surface area (Å²) in [5, 5.41) is 22.9. The number of carbonyl (C=O) groups is 1. The van der Waals surface area contributed by atoms with E-state index in [4.69, 9.17) is 4.74 Å². The van der Waals surface area contributed by atoms with E-state index in [0.29, 0.717) is 30.9 Å². The van der Waals surface area contributed by atoms with Gasteiger partial charge in [0.15, 0.2) is 5.82 Å². The highest BCUT2D eigenvalue weighted by atomic mass is 16.6. The second-order valence-corrected chi connectivity index (χ2v) is 5.95. The Morgan fingerprint density at radius 3 is 2.55 bits per heavy atom. The van der Waals surface area contributed by atoms with Crippen LogP contribution in [-0.2, 0) is 4.74 Å². The van der Waals surface area contributed by atoms with Crippen LogP contribution >= 0.6 is 0 Å². The molecule has 0 saturated carbocycles. The number of nitrogens with zero attached hydrogens (tertiary/aromatic N) is 3. The van der Waals surface area contributed by atoms with Gasteiger partial charge >= 0.3 is 6.09 Å². The lowest BCUT2D eigenvalue weighted by Gasteiger charge is -2.19. The molecule has 120 valence electrons. The molecule has 0 radical (unpaired) electrons.